The fourth-order valence-electron chi connectivity index (χ4n) is 4.86. The van der Waals surface area contributed by atoms with Crippen molar-refractivity contribution in [3.05, 3.63) is 65.5 Å². The van der Waals surface area contributed by atoms with Crippen molar-refractivity contribution in [2.75, 3.05) is 6.61 Å². The number of halogens is 1. The highest BCUT2D eigenvalue weighted by Gasteiger charge is 2.51. The number of carbonyl (C=O) groups is 1. The minimum Gasteiger partial charge on any atom is -0.491 e. The van der Waals surface area contributed by atoms with Gasteiger partial charge in [0.1, 0.15) is 18.2 Å². The molecule has 2 unspecified atom stereocenters. The van der Waals surface area contributed by atoms with Gasteiger partial charge in [0.25, 0.3) is 5.91 Å². The van der Waals surface area contributed by atoms with Gasteiger partial charge in [-0.15, -0.1) is 5.10 Å². The predicted molar refractivity (Wildman–Crippen MR) is 116 cm³/mol. The molecule has 166 valence electrons. The van der Waals surface area contributed by atoms with E-state index in [1.54, 1.807) is 23.0 Å². The van der Waals surface area contributed by atoms with Gasteiger partial charge in [0, 0.05) is 11.7 Å². The summed E-state index contributed by atoms with van der Waals surface area (Å²) in [6.45, 7) is 6.27. The number of hydrogen-bond donors (Lipinski definition) is 0. The molecule has 3 aromatic rings. The molecule has 1 aromatic carbocycles. The van der Waals surface area contributed by atoms with E-state index in [4.69, 9.17) is 4.74 Å². The SMILES string of the molecule is Cc1cn(-c2ccc(C)nc2C(=O)N2C3CC(C3)C(C)C2COc2ccc(F)cc2)nn1. The summed E-state index contributed by atoms with van der Waals surface area (Å²) >= 11 is 0. The predicted octanol–water partition coefficient (Wildman–Crippen LogP) is 3.74. The van der Waals surface area contributed by atoms with E-state index in [9.17, 15) is 9.18 Å². The van der Waals surface area contributed by atoms with E-state index in [0.717, 1.165) is 24.2 Å². The smallest absolute Gasteiger partial charge is 0.275 e. The molecule has 3 fully saturated rings. The van der Waals surface area contributed by atoms with Crippen molar-refractivity contribution in [2.45, 2.75) is 45.7 Å². The zero-order chi connectivity index (χ0) is 22.4. The van der Waals surface area contributed by atoms with Crippen LogP contribution in [0.25, 0.3) is 5.69 Å². The standard InChI is InChI=1S/C24H26FN5O2/c1-14-4-9-21(29-12-15(2)27-28-29)23(26-14)24(31)30-19-10-17(11-19)16(3)22(30)13-32-20-7-5-18(25)6-8-20/h4-9,12,16-17,19,22H,10-11,13H2,1-3H3. The number of fused-ring (bicyclic) bond motifs is 2. The van der Waals surface area contributed by atoms with Crippen LogP contribution >= 0.6 is 0 Å². The summed E-state index contributed by atoms with van der Waals surface area (Å²) in [5, 5.41) is 8.21. The van der Waals surface area contributed by atoms with E-state index < -0.39 is 0 Å². The Labute approximate surface area is 186 Å². The molecule has 0 spiro atoms. The number of nitrogens with zero attached hydrogens (tertiary/aromatic N) is 5. The van der Waals surface area contributed by atoms with Crippen molar-refractivity contribution < 1.29 is 13.9 Å². The summed E-state index contributed by atoms with van der Waals surface area (Å²) in [6, 6.07) is 9.81. The van der Waals surface area contributed by atoms with Crippen LogP contribution in [-0.4, -0.2) is 49.5 Å². The van der Waals surface area contributed by atoms with Gasteiger partial charge in [-0.05, 0) is 74.9 Å². The maximum Gasteiger partial charge on any atom is 0.275 e. The maximum atomic E-state index is 13.9. The number of pyridine rings is 1. The number of hydrogen-bond acceptors (Lipinski definition) is 5. The highest BCUT2D eigenvalue weighted by Crippen LogP contribution is 2.47. The largest absolute Gasteiger partial charge is 0.491 e. The molecule has 0 N–H and O–H groups in total. The molecule has 2 atom stereocenters. The molecular weight excluding hydrogens is 409 g/mol. The molecule has 4 heterocycles. The molecule has 32 heavy (non-hydrogen) atoms. The first kappa shape index (κ1) is 20.6. The van der Waals surface area contributed by atoms with E-state index in [-0.39, 0.29) is 23.8 Å². The van der Waals surface area contributed by atoms with Gasteiger partial charge >= 0.3 is 0 Å². The Bertz CT molecular complexity index is 1140. The first-order chi connectivity index (χ1) is 15.4. The van der Waals surface area contributed by atoms with Crippen molar-refractivity contribution in [1.29, 1.82) is 0 Å². The fraction of sp³-hybridized carbons (Fsp3) is 0.417. The van der Waals surface area contributed by atoms with Crippen molar-refractivity contribution in [2.24, 2.45) is 11.8 Å². The molecule has 8 heteroatoms. The summed E-state index contributed by atoms with van der Waals surface area (Å²) in [4.78, 5) is 20.5. The van der Waals surface area contributed by atoms with E-state index in [1.807, 2.05) is 30.9 Å². The summed E-state index contributed by atoms with van der Waals surface area (Å²) in [5.74, 6) is 1.07. The van der Waals surface area contributed by atoms with Crippen molar-refractivity contribution in [3.63, 3.8) is 0 Å². The minimum atomic E-state index is -0.303. The van der Waals surface area contributed by atoms with Gasteiger partial charge in [0.05, 0.1) is 23.6 Å². The van der Waals surface area contributed by atoms with Crippen LogP contribution in [0.1, 0.15) is 41.6 Å². The highest BCUT2D eigenvalue weighted by molar-refractivity contribution is 5.96. The van der Waals surface area contributed by atoms with Gasteiger partial charge in [-0.2, -0.15) is 0 Å². The number of carbonyl (C=O) groups excluding carboxylic acids is 1. The Morgan fingerprint density at radius 1 is 1.12 bits per heavy atom. The number of amides is 1. The van der Waals surface area contributed by atoms with Gasteiger partial charge in [0.15, 0.2) is 5.69 Å². The lowest BCUT2D eigenvalue weighted by Gasteiger charge is -2.57. The van der Waals surface area contributed by atoms with Crippen LogP contribution in [0.5, 0.6) is 5.75 Å². The average molecular weight is 436 g/mol. The van der Waals surface area contributed by atoms with Crippen LogP contribution in [-0.2, 0) is 0 Å². The molecule has 2 aliphatic heterocycles. The van der Waals surface area contributed by atoms with Crippen LogP contribution < -0.4 is 4.74 Å². The van der Waals surface area contributed by atoms with Gasteiger partial charge in [-0.1, -0.05) is 12.1 Å². The summed E-state index contributed by atoms with van der Waals surface area (Å²) in [5.41, 5.74) is 2.53. The Hall–Kier alpha value is -3.29. The van der Waals surface area contributed by atoms with Gasteiger partial charge in [0.2, 0.25) is 0 Å². The summed E-state index contributed by atoms with van der Waals surface area (Å²) in [6.07, 6.45) is 3.80. The van der Waals surface area contributed by atoms with Crippen LogP contribution in [0.2, 0.25) is 0 Å². The molecule has 1 saturated carbocycles. The lowest BCUT2D eigenvalue weighted by atomic mass is 9.64. The average Bonchev–Trinajstić information content (AvgIpc) is 3.18. The second-order valence-corrected chi connectivity index (χ2v) is 8.91. The molecule has 1 amide bonds. The molecule has 6 rings (SSSR count). The topological polar surface area (TPSA) is 73.1 Å². The fourth-order valence-corrected chi connectivity index (χ4v) is 4.86. The van der Waals surface area contributed by atoms with E-state index in [2.05, 4.69) is 22.2 Å². The van der Waals surface area contributed by atoms with Crippen molar-refractivity contribution >= 4 is 5.91 Å². The van der Waals surface area contributed by atoms with Crippen molar-refractivity contribution in [1.82, 2.24) is 24.9 Å². The highest BCUT2D eigenvalue weighted by atomic mass is 19.1. The molecule has 7 nitrogen and oxygen atoms in total. The summed E-state index contributed by atoms with van der Waals surface area (Å²) < 4.78 is 20.8. The number of aromatic nitrogens is 4. The number of benzene rings is 1. The molecule has 2 bridgehead atoms. The Morgan fingerprint density at radius 2 is 1.88 bits per heavy atom. The van der Waals surface area contributed by atoms with Gasteiger partial charge in [-0.3, -0.25) is 4.79 Å². The van der Waals surface area contributed by atoms with E-state index in [1.165, 1.54) is 12.1 Å². The monoisotopic (exact) mass is 435 g/mol. The Balaban J connectivity index is 1.46. The van der Waals surface area contributed by atoms with Crippen LogP contribution in [0.4, 0.5) is 4.39 Å². The van der Waals surface area contributed by atoms with Crippen molar-refractivity contribution in [3.8, 4) is 11.4 Å². The molecular formula is C24H26FN5O2. The van der Waals surface area contributed by atoms with Crippen LogP contribution in [0.3, 0.4) is 0 Å². The number of piperidine rings is 2. The quantitative estimate of drug-likeness (QED) is 0.611. The Kier molecular flexibility index (Phi) is 5.15. The first-order valence-electron chi connectivity index (χ1n) is 11.0. The van der Waals surface area contributed by atoms with Crippen LogP contribution in [0, 0.1) is 31.5 Å². The molecule has 0 radical (unpaired) electrons. The second-order valence-electron chi connectivity index (χ2n) is 8.91. The molecule has 3 aliphatic rings. The number of ether oxygens (including phenoxy) is 1. The minimum absolute atomic E-state index is 0.0855. The molecule has 2 saturated heterocycles. The zero-order valence-electron chi connectivity index (χ0n) is 18.4. The summed E-state index contributed by atoms with van der Waals surface area (Å²) in [7, 11) is 0. The van der Waals surface area contributed by atoms with Crippen LogP contribution in [0.15, 0.2) is 42.6 Å². The molecule has 2 aromatic heterocycles. The number of aryl methyl sites for hydroxylation is 2. The zero-order valence-corrected chi connectivity index (χ0v) is 18.4. The maximum absolute atomic E-state index is 13.9. The lowest BCUT2D eigenvalue weighted by Crippen LogP contribution is -2.64. The third-order valence-corrected chi connectivity index (χ3v) is 6.79. The first-order valence-corrected chi connectivity index (χ1v) is 11.0. The van der Waals surface area contributed by atoms with E-state index >= 15 is 0 Å². The lowest BCUT2D eigenvalue weighted by molar-refractivity contribution is -0.0673. The third-order valence-electron chi connectivity index (χ3n) is 6.79. The van der Waals surface area contributed by atoms with E-state index in [0.29, 0.717) is 35.6 Å². The van der Waals surface area contributed by atoms with Gasteiger partial charge < -0.3 is 9.64 Å². The Morgan fingerprint density at radius 3 is 2.56 bits per heavy atom. The normalized spacial score (nSPS) is 24.2. The van der Waals surface area contributed by atoms with Gasteiger partial charge in [-0.25, -0.2) is 14.1 Å². The third kappa shape index (κ3) is 3.63. The number of rotatable bonds is 5. The molecule has 1 aliphatic carbocycles. The second kappa shape index (κ2) is 8.00.